The summed E-state index contributed by atoms with van der Waals surface area (Å²) in [6, 6.07) is 1.25. The van der Waals surface area contributed by atoms with Crippen LogP contribution in [0.2, 0.25) is 0 Å². The largest absolute Gasteiger partial charge is 0.480 e. The van der Waals surface area contributed by atoms with Gasteiger partial charge in [-0.1, -0.05) is 0 Å². The quantitative estimate of drug-likeness (QED) is 0.789. The number of nitrogens with zero attached hydrogens (tertiary/aromatic N) is 1. The predicted molar refractivity (Wildman–Crippen MR) is 48.8 cm³/mol. The first kappa shape index (κ1) is 11.0. The maximum atomic E-state index is 12.3. The van der Waals surface area contributed by atoms with Crippen molar-refractivity contribution in [3.63, 3.8) is 0 Å². The van der Waals surface area contributed by atoms with Crippen LogP contribution in [0.15, 0.2) is 10.5 Å². The van der Waals surface area contributed by atoms with Crippen LogP contribution in [0.3, 0.4) is 0 Å². The molecule has 0 saturated carbocycles. The zero-order valence-corrected chi connectivity index (χ0v) is 8.72. The minimum Gasteiger partial charge on any atom is -0.480 e. The van der Waals surface area contributed by atoms with Crippen molar-refractivity contribution >= 4 is 22.2 Å². The number of pyridine rings is 1. The van der Waals surface area contributed by atoms with Crippen molar-refractivity contribution in [3.05, 3.63) is 21.8 Å². The number of aldehydes is 1. The highest BCUT2D eigenvalue weighted by Gasteiger charge is 2.17. The second-order valence-corrected chi connectivity index (χ2v) is 3.23. The standard InChI is InChI=1S/C8H6BrF2NO2/c1-14-8-4(3-13)2-5(9)6(12-8)7(10)11/h2-3,7H,1H3. The summed E-state index contributed by atoms with van der Waals surface area (Å²) in [6.07, 6.45) is -2.22. The number of alkyl halides is 2. The van der Waals surface area contributed by atoms with Crippen molar-refractivity contribution in [1.29, 1.82) is 0 Å². The molecule has 0 atom stereocenters. The fourth-order valence-corrected chi connectivity index (χ4v) is 1.41. The summed E-state index contributed by atoms with van der Waals surface area (Å²) in [5, 5.41) is 0. The average molecular weight is 266 g/mol. The second kappa shape index (κ2) is 4.45. The molecule has 76 valence electrons. The molecule has 0 spiro atoms. The van der Waals surface area contributed by atoms with Gasteiger partial charge in [-0.05, 0) is 22.0 Å². The molecule has 0 saturated heterocycles. The maximum Gasteiger partial charge on any atom is 0.281 e. The molecular formula is C8H6BrF2NO2. The number of ether oxygens (including phenoxy) is 1. The SMILES string of the molecule is COc1nc(C(F)F)c(Br)cc1C=O. The van der Waals surface area contributed by atoms with Gasteiger partial charge in [0, 0.05) is 4.47 Å². The van der Waals surface area contributed by atoms with Gasteiger partial charge in [0.05, 0.1) is 12.7 Å². The molecule has 0 bridgehead atoms. The number of hydrogen-bond acceptors (Lipinski definition) is 3. The van der Waals surface area contributed by atoms with Crippen molar-refractivity contribution in [2.24, 2.45) is 0 Å². The van der Waals surface area contributed by atoms with Gasteiger partial charge in [-0.25, -0.2) is 13.8 Å². The van der Waals surface area contributed by atoms with Crippen LogP contribution in [0, 0.1) is 0 Å². The molecule has 0 radical (unpaired) electrons. The van der Waals surface area contributed by atoms with Crippen molar-refractivity contribution in [2.75, 3.05) is 7.11 Å². The third kappa shape index (κ3) is 2.06. The van der Waals surface area contributed by atoms with Gasteiger partial charge >= 0.3 is 0 Å². The molecule has 0 aliphatic heterocycles. The molecule has 0 aliphatic rings. The molecule has 0 fully saturated rings. The monoisotopic (exact) mass is 265 g/mol. The van der Waals surface area contributed by atoms with E-state index in [1.807, 2.05) is 0 Å². The number of halogens is 3. The summed E-state index contributed by atoms with van der Waals surface area (Å²) in [7, 11) is 1.26. The smallest absolute Gasteiger partial charge is 0.281 e. The Morgan fingerprint density at radius 1 is 1.64 bits per heavy atom. The highest BCUT2D eigenvalue weighted by molar-refractivity contribution is 9.10. The van der Waals surface area contributed by atoms with E-state index in [0.717, 1.165) is 0 Å². The summed E-state index contributed by atoms with van der Waals surface area (Å²) in [5.74, 6) is -0.0986. The van der Waals surface area contributed by atoms with E-state index < -0.39 is 12.1 Å². The van der Waals surface area contributed by atoms with Crippen LogP contribution in [0.25, 0.3) is 0 Å². The summed E-state index contributed by atoms with van der Waals surface area (Å²) in [5.41, 5.74) is -0.309. The van der Waals surface area contributed by atoms with Gasteiger partial charge < -0.3 is 4.74 Å². The Morgan fingerprint density at radius 2 is 2.29 bits per heavy atom. The van der Waals surface area contributed by atoms with Gasteiger partial charge in [0.15, 0.2) is 6.29 Å². The van der Waals surface area contributed by atoms with Crippen molar-refractivity contribution < 1.29 is 18.3 Å². The van der Waals surface area contributed by atoms with E-state index in [0.29, 0.717) is 6.29 Å². The number of rotatable bonds is 3. The minimum atomic E-state index is -2.71. The Bertz CT molecular complexity index is 357. The Kier molecular flexibility index (Phi) is 3.51. The second-order valence-electron chi connectivity index (χ2n) is 2.37. The Labute approximate surface area is 87.2 Å². The van der Waals surface area contributed by atoms with Gasteiger partial charge in [0.2, 0.25) is 5.88 Å². The normalized spacial score (nSPS) is 10.4. The maximum absolute atomic E-state index is 12.3. The van der Waals surface area contributed by atoms with Crippen LogP contribution in [-0.2, 0) is 0 Å². The Morgan fingerprint density at radius 3 is 2.71 bits per heavy atom. The first-order chi connectivity index (χ1) is 6.60. The molecule has 0 aliphatic carbocycles. The number of aromatic nitrogens is 1. The van der Waals surface area contributed by atoms with Gasteiger partial charge in [0.1, 0.15) is 5.69 Å². The Balaban J connectivity index is 3.30. The summed E-state index contributed by atoms with van der Waals surface area (Å²) < 4.78 is 29.5. The van der Waals surface area contributed by atoms with Crippen LogP contribution in [0.1, 0.15) is 22.5 Å². The lowest BCUT2D eigenvalue weighted by Crippen LogP contribution is -2.00. The fraction of sp³-hybridized carbons (Fsp3) is 0.250. The van der Waals surface area contributed by atoms with Crippen LogP contribution in [0.5, 0.6) is 5.88 Å². The molecule has 0 unspecified atom stereocenters. The van der Waals surface area contributed by atoms with Crippen molar-refractivity contribution in [3.8, 4) is 5.88 Å². The van der Waals surface area contributed by atoms with Crippen LogP contribution in [-0.4, -0.2) is 18.4 Å². The first-order valence-corrected chi connectivity index (χ1v) is 4.37. The molecule has 0 aromatic carbocycles. The van der Waals surface area contributed by atoms with Crippen molar-refractivity contribution in [2.45, 2.75) is 6.43 Å². The zero-order chi connectivity index (χ0) is 10.7. The van der Waals surface area contributed by atoms with Gasteiger partial charge in [-0.3, -0.25) is 4.79 Å². The summed E-state index contributed by atoms with van der Waals surface area (Å²) in [6.45, 7) is 0. The van der Waals surface area contributed by atoms with E-state index in [1.165, 1.54) is 13.2 Å². The first-order valence-electron chi connectivity index (χ1n) is 3.58. The number of hydrogen-bond donors (Lipinski definition) is 0. The zero-order valence-electron chi connectivity index (χ0n) is 7.13. The highest BCUT2D eigenvalue weighted by Crippen LogP contribution is 2.29. The Hall–Kier alpha value is -1.04. The molecule has 3 nitrogen and oxygen atoms in total. The average Bonchev–Trinajstić information content (AvgIpc) is 2.16. The van der Waals surface area contributed by atoms with Crippen LogP contribution < -0.4 is 4.74 Å². The van der Waals surface area contributed by atoms with E-state index in [9.17, 15) is 13.6 Å². The highest BCUT2D eigenvalue weighted by atomic mass is 79.9. The molecule has 6 heteroatoms. The van der Waals surface area contributed by atoms with E-state index in [4.69, 9.17) is 0 Å². The lowest BCUT2D eigenvalue weighted by atomic mass is 10.2. The van der Waals surface area contributed by atoms with E-state index in [1.54, 1.807) is 0 Å². The number of carbonyl (C=O) groups excluding carboxylic acids is 1. The molecule has 1 rings (SSSR count). The minimum absolute atomic E-state index is 0.0930. The van der Waals surface area contributed by atoms with E-state index in [-0.39, 0.29) is 15.9 Å². The van der Waals surface area contributed by atoms with Crippen LogP contribution >= 0.6 is 15.9 Å². The van der Waals surface area contributed by atoms with Gasteiger partial charge in [0.25, 0.3) is 6.43 Å². The summed E-state index contributed by atoms with van der Waals surface area (Å²) in [4.78, 5) is 14.0. The lowest BCUT2D eigenvalue weighted by Gasteiger charge is -2.07. The topological polar surface area (TPSA) is 39.2 Å². The van der Waals surface area contributed by atoms with Crippen LogP contribution in [0.4, 0.5) is 8.78 Å². The number of carbonyl (C=O) groups is 1. The third-order valence-electron chi connectivity index (χ3n) is 1.52. The predicted octanol–water partition coefficient (Wildman–Crippen LogP) is 2.60. The lowest BCUT2D eigenvalue weighted by molar-refractivity contribution is 0.111. The fourth-order valence-electron chi connectivity index (χ4n) is 0.901. The van der Waals surface area contributed by atoms with E-state index >= 15 is 0 Å². The van der Waals surface area contributed by atoms with E-state index in [2.05, 4.69) is 25.7 Å². The summed E-state index contributed by atoms with van der Waals surface area (Å²) >= 11 is 2.89. The molecular weight excluding hydrogens is 260 g/mol. The number of methoxy groups -OCH3 is 1. The molecule has 1 aromatic rings. The van der Waals surface area contributed by atoms with Gasteiger partial charge in [-0.2, -0.15) is 0 Å². The molecule has 1 aromatic heterocycles. The van der Waals surface area contributed by atoms with Gasteiger partial charge in [-0.15, -0.1) is 0 Å². The molecule has 14 heavy (non-hydrogen) atoms. The molecule has 1 heterocycles. The third-order valence-corrected chi connectivity index (χ3v) is 2.16. The molecule has 0 amide bonds. The molecule has 0 N–H and O–H groups in total. The van der Waals surface area contributed by atoms with Crippen molar-refractivity contribution in [1.82, 2.24) is 4.98 Å².